The topological polar surface area (TPSA) is 105 Å². The van der Waals surface area contributed by atoms with Crippen molar-refractivity contribution >= 4 is 44.8 Å². The van der Waals surface area contributed by atoms with E-state index < -0.39 is 38.1 Å². The number of ether oxygens (including phenoxy) is 1. The quantitative estimate of drug-likeness (QED) is 0.625. The second-order valence-electron chi connectivity index (χ2n) is 6.28. The Labute approximate surface area is 165 Å². The van der Waals surface area contributed by atoms with Crippen LogP contribution in [-0.2, 0) is 14.6 Å². The summed E-state index contributed by atoms with van der Waals surface area (Å²) in [7, 11) is -4.66. The summed E-state index contributed by atoms with van der Waals surface area (Å²) in [6, 6.07) is 1.31. The van der Waals surface area contributed by atoms with Gasteiger partial charge in [-0.2, -0.15) is 0 Å². The molecule has 2 aliphatic rings. The third kappa shape index (κ3) is 3.73. The molecule has 0 spiro atoms. The van der Waals surface area contributed by atoms with Gasteiger partial charge in [-0.15, -0.1) is 0 Å². The lowest BCUT2D eigenvalue weighted by atomic mass is 10.2. The highest BCUT2D eigenvalue weighted by atomic mass is 35.5. The number of alkyl halides is 1. The van der Waals surface area contributed by atoms with Crippen molar-refractivity contribution in [2.24, 2.45) is 0 Å². The molecule has 1 aliphatic heterocycles. The molecule has 0 aromatic heterocycles. The van der Waals surface area contributed by atoms with E-state index in [9.17, 15) is 22.7 Å². The number of hydrogen-bond donors (Lipinski definition) is 3. The first kappa shape index (κ1) is 20.2. The molecule has 27 heavy (non-hydrogen) atoms. The van der Waals surface area contributed by atoms with E-state index in [0.29, 0.717) is 11.5 Å². The lowest BCUT2D eigenvalue weighted by Crippen LogP contribution is -2.37. The first-order chi connectivity index (χ1) is 12.7. The van der Waals surface area contributed by atoms with Crippen molar-refractivity contribution in [2.45, 2.75) is 35.2 Å². The molecule has 1 aromatic rings. The second-order valence-corrected chi connectivity index (χ2v) is 9.27. The summed E-state index contributed by atoms with van der Waals surface area (Å²) >= 11 is 11.9. The maximum absolute atomic E-state index is 14.8. The number of nitrogens with one attached hydrogen (secondary N) is 2. The van der Waals surface area contributed by atoms with Crippen molar-refractivity contribution in [3.8, 4) is 5.75 Å². The molecule has 3 N–H and O–H groups in total. The molecule has 2 atom stereocenters. The van der Waals surface area contributed by atoms with Gasteiger partial charge in [-0.3, -0.25) is 0 Å². The van der Waals surface area contributed by atoms with Crippen LogP contribution < -0.4 is 10.6 Å². The Hall–Kier alpha value is -1.55. The minimum absolute atomic E-state index is 0.0654. The van der Waals surface area contributed by atoms with Crippen molar-refractivity contribution in [1.29, 1.82) is 0 Å². The van der Waals surface area contributed by atoms with Gasteiger partial charge in [0.1, 0.15) is 4.90 Å². The summed E-state index contributed by atoms with van der Waals surface area (Å²) in [6.45, 7) is -0.722. The van der Waals surface area contributed by atoms with Crippen LogP contribution in [0.5, 0.6) is 5.75 Å². The molecule has 1 saturated heterocycles. The Morgan fingerprint density at radius 3 is 2.70 bits per heavy atom. The summed E-state index contributed by atoms with van der Waals surface area (Å²) in [4.78, 5) is 11.4. The molecule has 7 nitrogen and oxygen atoms in total. The standard InChI is InChI=1S/C16H17Cl2FN2O5S/c17-9-2-1-3-11(9)20-15(23)21-12-5-4-10(18)14(13(12)22)27(24,25)16(19)6-7-26-8-16/h2,4-5,11,22H,1,3,6-8H2,(H2,20,21,23). The fourth-order valence-electron chi connectivity index (χ4n) is 2.95. The van der Waals surface area contributed by atoms with Crippen LogP contribution in [0.4, 0.5) is 14.9 Å². The highest BCUT2D eigenvalue weighted by molar-refractivity contribution is 7.93. The van der Waals surface area contributed by atoms with Gasteiger partial charge in [0.2, 0.25) is 14.8 Å². The Kier molecular flexibility index (Phi) is 5.58. The lowest BCUT2D eigenvalue weighted by Gasteiger charge is -2.21. The van der Waals surface area contributed by atoms with Crippen LogP contribution >= 0.6 is 23.2 Å². The lowest BCUT2D eigenvalue weighted by molar-refractivity contribution is 0.157. The number of benzene rings is 1. The van der Waals surface area contributed by atoms with Crippen LogP contribution in [0.2, 0.25) is 5.02 Å². The number of urea groups is 1. The SMILES string of the molecule is O=C(Nc1ccc(Cl)c(S(=O)(=O)C2(F)CCOC2)c1O)NC1CCC=C1Cl. The average Bonchev–Trinajstić information content (AvgIpc) is 3.20. The van der Waals surface area contributed by atoms with Gasteiger partial charge in [0, 0.05) is 11.5 Å². The number of allylic oxidation sites excluding steroid dienone is 1. The van der Waals surface area contributed by atoms with Crippen molar-refractivity contribution in [3.05, 3.63) is 28.3 Å². The number of aromatic hydroxyl groups is 1. The van der Waals surface area contributed by atoms with Crippen LogP contribution in [-0.4, -0.2) is 43.8 Å². The molecule has 3 rings (SSSR count). The molecule has 1 fully saturated rings. The van der Waals surface area contributed by atoms with E-state index in [0.717, 1.165) is 12.5 Å². The van der Waals surface area contributed by atoms with Crippen LogP contribution in [0.1, 0.15) is 19.3 Å². The molecule has 11 heteroatoms. The maximum Gasteiger partial charge on any atom is 0.319 e. The summed E-state index contributed by atoms with van der Waals surface area (Å²) in [6.07, 6.45) is 2.75. The van der Waals surface area contributed by atoms with Crippen LogP contribution in [0.25, 0.3) is 0 Å². The zero-order valence-electron chi connectivity index (χ0n) is 14.0. The van der Waals surface area contributed by atoms with E-state index in [4.69, 9.17) is 27.9 Å². The maximum atomic E-state index is 14.8. The summed E-state index contributed by atoms with van der Waals surface area (Å²) in [5.41, 5.74) is -0.226. The van der Waals surface area contributed by atoms with Crippen LogP contribution in [0.15, 0.2) is 28.1 Å². The second kappa shape index (κ2) is 7.46. The number of anilines is 1. The first-order valence-corrected chi connectivity index (χ1v) is 10.4. The van der Waals surface area contributed by atoms with Gasteiger partial charge in [-0.25, -0.2) is 17.6 Å². The molecule has 0 saturated carbocycles. The number of amides is 2. The number of carbonyl (C=O) groups excluding carboxylic acids is 1. The van der Waals surface area contributed by atoms with Gasteiger partial charge in [0.25, 0.3) is 0 Å². The fourth-order valence-corrected chi connectivity index (χ4v) is 5.32. The van der Waals surface area contributed by atoms with Gasteiger partial charge in [-0.05, 0) is 25.0 Å². The molecule has 0 bridgehead atoms. The number of halogens is 3. The Morgan fingerprint density at radius 1 is 1.37 bits per heavy atom. The van der Waals surface area contributed by atoms with Crippen molar-refractivity contribution in [2.75, 3.05) is 18.5 Å². The zero-order valence-corrected chi connectivity index (χ0v) is 16.3. The molecular weight excluding hydrogens is 422 g/mol. The van der Waals surface area contributed by atoms with Crippen molar-refractivity contribution < 1.29 is 27.4 Å². The summed E-state index contributed by atoms with van der Waals surface area (Å²) < 4.78 is 45.1. The molecule has 2 amide bonds. The van der Waals surface area contributed by atoms with E-state index in [1.807, 2.05) is 0 Å². The van der Waals surface area contributed by atoms with Crippen molar-refractivity contribution in [3.63, 3.8) is 0 Å². The minimum atomic E-state index is -4.66. The van der Waals surface area contributed by atoms with E-state index in [-0.39, 0.29) is 29.8 Å². The fraction of sp³-hybridized carbons (Fsp3) is 0.438. The zero-order chi connectivity index (χ0) is 19.8. The normalized spacial score (nSPS) is 25.3. The third-order valence-electron chi connectivity index (χ3n) is 4.45. The van der Waals surface area contributed by atoms with E-state index in [1.165, 1.54) is 6.07 Å². The van der Waals surface area contributed by atoms with Crippen LogP contribution in [0, 0.1) is 0 Å². The smallest absolute Gasteiger partial charge is 0.319 e. The van der Waals surface area contributed by atoms with Crippen molar-refractivity contribution in [1.82, 2.24) is 5.32 Å². The number of phenols is 1. The predicted molar refractivity (Wildman–Crippen MR) is 98.7 cm³/mol. The molecular formula is C16H17Cl2FN2O5S. The third-order valence-corrected chi connectivity index (χ3v) is 7.53. The average molecular weight is 439 g/mol. The minimum Gasteiger partial charge on any atom is -0.504 e. The molecule has 1 aliphatic carbocycles. The number of rotatable bonds is 4. The van der Waals surface area contributed by atoms with Gasteiger partial charge in [0.05, 0.1) is 30.0 Å². The van der Waals surface area contributed by atoms with Gasteiger partial charge in [0.15, 0.2) is 5.75 Å². The van der Waals surface area contributed by atoms with E-state index in [1.54, 1.807) is 6.08 Å². The molecule has 1 aromatic carbocycles. The monoisotopic (exact) mass is 438 g/mol. The first-order valence-electron chi connectivity index (χ1n) is 8.11. The molecule has 1 heterocycles. The predicted octanol–water partition coefficient (Wildman–Crippen LogP) is 3.31. The Morgan fingerprint density at radius 2 is 2.11 bits per heavy atom. The largest absolute Gasteiger partial charge is 0.504 e. The van der Waals surface area contributed by atoms with Gasteiger partial charge < -0.3 is 20.5 Å². The number of sulfone groups is 1. The highest BCUT2D eigenvalue weighted by Gasteiger charge is 2.50. The number of phenolic OH excluding ortho intramolecular Hbond substituents is 1. The highest BCUT2D eigenvalue weighted by Crippen LogP contribution is 2.44. The molecule has 148 valence electrons. The molecule has 2 unspecified atom stereocenters. The molecule has 0 radical (unpaired) electrons. The number of hydrogen-bond acceptors (Lipinski definition) is 5. The Balaban J connectivity index is 1.87. The summed E-state index contributed by atoms with van der Waals surface area (Å²) in [5, 5.41) is 12.8. The van der Waals surface area contributed by atoms with E-state index >= 15 is 0 Å². The van der Waals surface area contributed by atoms with Crippen LogP contribution in [0.3, 0.4) is 0 Å². The Bertz CT molecular complexity index is 900. The summed E-state index contributed by atoms with van der Waals surface area (Å²) in [5.74, 6) is -0.838. The van der Waals surface area contributed by atoms with Gasteiger partial charge in [-0.1, -0.05) is 29.3 Å². The number of carbonyl (C=O) groups is 1. The van der Waals surface area contributed by atoms with E-state index in [2.05, 4.69) is 10.6 Å². The van der Waals surface area contributed by atoms with Gasteiger partial charge >= 0.3 is 6.03 Å².